The van der Waals surface area contributed by atoms with Crippen LogP contribution in [0.4, 0.5) is 10.8 Å². The Morgan fingerprint density at radius 3 is 2.70 bits per heavy atom. The molecule has 3 aromatic rings. The van der Waals surface area contributed by atoms with Crippen molar-refractivity contribution in [3.05, 3.63) is 55.4 Å². The lowest BCUT2D eigenvalue weighted by atomic mass is 10.2. The zero-order chi connectivity index (χ0) is 19.6. The predicted molar refractivity (Wildman–Crippen MR) is 123 cm³/mol. The van der Waals surface area contributed by atoms with Gasteiger partial charge in [0.1, 0.15) is 0 Å². The molecule has 0 aliphatic rings. The van der Waals surface area contributed by atoms with E-state index in [9.17, 15) is 4.79 Å². The fourth-order valence-corrected chi connectivity index (χ4v) is 5.74. The topological polar surface area (TPSA) is 68.0 Å². The monoisotopic (exact) mass is 565 g/mol. The van der Waals surface area contributed by atoms with Gasteiger partial charge in [0.05, 0.1) is 26.4 Å². The molecule has 0 bridgehead atoms. The van der Waals surface area contributed by atoms with E-state index in [1.165, 1.54) is 23.1 Å². The highest BCUT2D eigenvalue weighted by Gasteiger charge is 2.17. The lowest BCUT2D eigenvalue weighted by Gasteiger charge is -2.08. The summed E-state index contributed by atoms with van der Waals surface area (Å²) in [6, 6.07) is 10.7. The van der Waals surface area contributed by atoms with E-state index >= 15 is 0 Å². The van der Waals surface area contributed by atoms with Crippen molar-refractivity contribution in [2.24, 2.45) is 0 Å². The number of carbonyl (C=O) groups is 1. The number of nitrogen functional groups attached to an aromatic ring is 1. The Labute approximate surface area is 191 Å². The number of rotatable bonds is 5. The lowest BCUT2D eigenvalue weighted by molar-refractivity contribution is -0.113. The summed E-state index contributed by atoms with van der Waals surface area (Å²) in [4.78, 5) is 16.7. The van der Waals surface area contributed by atoms with Crippen LogP contribution in [0.5, 0.6) is 0 Å². The van der Waals surface area contributed by atoms with Gasteiger partial charge in [-0.2, -0.15) is 0 Å². The van der Waals surface area contributed by atoms with Gasteiger partial charge in [0.2, 0.25) is 5.91 Å². The van der Waals surface area contributed by atoms with Crippen molar-refractivity contribution in [3.8, 4) is 11.3 Å². The lowest BCUT2D eigenvalue weighted by Crippen LogP contribution is -2.14. The van der Waals surface area contributed by atoms with Gasteiger partial charge in [-0.05, 0) is 30.3 Å². The third-order valence-corrected chi connectivity index (χ3v) is 7.18. The maximum Gasteiger partial charge on any atom is 0.234 e. The van der Waals surface area contributed by atoms with Crippen molar-refractivity contribution >= 4 is 94.9 Å². The first kappa shape index (κ1) is 21.0. The van der Waals surface area contributed by atoms with Crippen LogP contribution in [0.2, 0.25) is 10.0 Å². The molecule has 3 rings (SSSR count). The minimum Gasteiger partial charge on any atom is -0.375 e. The number of aromatic nitrogens is 1. The summed E-state index contributed by atoms with van der Waals surface area (Å²) in [5.41, 5.74) is 8.08. The van der Waals surface area contributed by atoms with Gasteiger partial charge in [0.15, 0.2) is 5.13 Å². The fourth-order valence-electron chi connectivity index (χ4n) is 2.18. The number of hydrogen-bond donors (Lipinski definition) is 2. The summed E-state index contributed by atoms with van der Waals surface area (Å²) in [5, 5.41) is 4.13. The van der Waals surface area contributed by atoms with E-state index in [1.807, 2.05) is 18.2 Å². The third-order valence-electron chi connectivity index (χ3n) is 3.34. The number of carbonyl (C=O) groups excluding carboxylic acids is 1. The third kappa shape index (κ3) is 5.40. The molecule has 2 aromatic carbocycles. The Bertz CT molecular complexity index is 1010. The Morgan fingerprint density at radius 2 is 2.00 bits per heavy atom. The Hall–Kier alpha value is -0.770. The Morgan fingerprint density at radius 1 is 1.22 bits per heavy atom. The largest absolute Gasteiger partial charge is 0.375 e. The smallest absolute Gasteiger partial charge is 0.234 e. The van der Waals surface area contributed by atoms with Gasteiger partial charge < -0.3 is 11.1 Å². The molecule has 1 heterocycles. The van der Waals surface area contributed by atoms with E-state index in [2.05, 4.69) is 42.2 Å². The van der Waals surface area contributed by atoms with Gasteiger partial charge in [-0.1, -0.05) is 72.5 Å². The number of hydrogen-bond acceptors (Lipinski definition) is 5. The molecule has 27 heavy (non-hydrogen) atoms. The number of benzene rings is 2. The molecule has 0 aliphatic heterocycles. The average Bonchev–Trinajstić information content (AvgIpc) is 2.96. The van der Waals surface area contributed by atoms with Gasteiger partial charge in [-0.15, -0.1) is 11.8 Å². The molecule has 0 saturated carbocycles. The molecule has 3 N–H and O–H groups in total. The number of halogens is 4. The minimum atomic E-state index is -0.183. The van der Waals surface area contributed by atoms with Crippen molar-refractivity contribution in [2.45, 2.75) is 4.21 Å². The first-order valence-corrected chi connectivity index (χ1v) is 11.6. The van der Waals surface area contributed by atoms with Gasteiger partial charge >= 0.3 is 0 Å². The molecule has 4 nitrogen and oxygen atoms in total. The van der Waals surface area contributed by atoms with E-state index in [4.69, 9.17) is 28.9 Å². The van der Waals surface area contributed by atoms with E-state index < -0.39 is 0 Å². The molecule has 0 fully saturated rings. The highest BCUT2D eigenvalue weighted by Crippen LogP contribution is 2.40. The van der Waals surface area contributed by atoms with E-state index in [0.29, 0.717) is 20.9 Å². The van der Waals surface area contributed by atoms with Gasteiger partial charge in [-0.3, -0.25) is 4.79 Å². The van der Waals surface area contributed by atoms with Crippen LogP contribution in [0, 0.1) is 0 Å². The van der Waals surface area contributed by atoms with Crippen molar-refractivity contribution in [1.29, 1.82) is 0 Å². The highest BCUT2D eigenvalue weighted by molar-refractivity contribution is 9.11. The molecule has 1 amide bonds. The summed E-state index contributed by atoms with van der Waals surface area (Å²) >= 11 is 21.7. The summed E-state index contributed by atoms with van der Waals surface area (Å²) in [5.74, 6) is 0.0128. The van der Waals surface area contributed by atoms with Crippen LogP contribution >= 0.6 is 78.2 Å². The number of nitrogens with one attached hydrogen (secondary N) is 1. The van der Waals surface area contributed by atoms with Crippen molar-refractivity contribution < 1.29 is 4.79 Å². The molecule has 1 aromatic heterocycles. The van der Waals surface area contributed by atoms with Crippen molar-refractivity contribution in [3.63, 3.8) is 0 Å². The molecule has 0 radical (unpaired) electrons. The van der Waals surface area contributed by atoms with Crippen LogP contribution in [0.1, 0.15) is 0 Å². The second kappa shape index (κ2) is 9.15. The molecular weight excluding hydrogens is 557 g/mol. The normalized spacial score (nSPS) is 10.8. The highest BCUT2D eigenvalue weighted by atomic mass is 79.9. The Kier molecular flexibility index (Phi) is 7.10. The van der Waals surface area contributed by atoms with Gasteiger partial charge in [0.25, 0.3) is 0 Å². The molecular formula is C17H11Br2Cl2N3OS2. The molecule has 0 saturated heterocycles. The molecule has 0 atom stereocenters. The quantitative estimate of drug-likeness (QED) is 0.327. The summed E-state index contributed by atoms with van der Waals surface area (Å²) in [6.07, 6.45) is 0. The molecule has 0 unspecified atom stereocenters. The second-order valence-corrected chi connectivity index (χ2v) is 10.2. The van der Waals surface area contributed by atoms with Crippen LogP contribution in [0.3, 0.4) is 0 Å². The zero-order valence-corrected chi connectivity index (χ0v) is 19.7. The van der Waals surface area contributed by atoms with Crippen molar-refractivity contribution in [2.75, 3.05) is 16.8 Å². The van der Waals surface area contributed by atoms with Crippen LogP contribution in [-0.4, -0.2) is 16.6 Å². The Balaban J connectivity index is 1.74. The fraction of sp³-hybridized carbons (Fsp3) is 0.0588. The number of thiazole rings is 1. The number of nitrogens with zero attached hydrogens (tertiary/aromatic N) is 1. The molecule has 0 spiro atoms. The molecule has 0 aliphatic carbocycles. The first-order chi connectivity index (χ1) is 12.8. The number of amides is 1. The zero-order valence-electron chi connectivity index (χ0n) is 13.4. The van der Waals surface area contributed by atoms with Crippen LogP contribution in [-0.2, 0) is 4.79 Å². The van der Waals surface area contributed by atoms with E-state index in [1.54, 1.807) is 18.2 Å². The van der Waals surface area contributed by atoms with E-state index in [0.717, 1.165) is 24.4 Å². The van der Waals surface area contributed by atoms with Crippen LogP contribution in [0.15, 0.2) is 49.6 Å². The minimum absolute atomic E-state index is 0.183. The van der Waals surface area contributed by atoms with Crippen molar-refractivity contribution in [1.82, 2.24) is 4.98 Å². The second-order valence-electron chi connectivity index (χ2n) is 5.27. The van der Waals surface area contributed by atoms with Crippen LogP contribution < -0.4 is 11.1 Å². The van der Waals surface area contributed by atoms with Gasteiger partial charge in [0, 0.05) is 19.5 Å². The standard InChI is InChI=1S/C17H11Br2Cl2N3OS2/c18-8-1-3-10(11(19)5-8)15-16(27-17(22)24-15)26-7-14(25)23-13-4-2-9(20)6-12(13)21/h1-6H,7H2,(H2,22,24)(H,23,25). The van der Waals surface area contributed by atoms with Crippen LogP contribution in [0.25, 0.3) is 11.3 Å². The number of nitrogens with two attached hydrogens (primary N) is 1. The summed E-state index contributed by atoms with van der Waals surface area (Å²) < 4.78 is 2.71. The predicted octanol–water partition coefficient (Wildman–Crippen LogP) is 6.95. The van der Waals surface area contributed by atoms with E-state index in [-0.39, 0.29) is 11.7 Å². The molecule has 140 valence electrons. The summed E-state index contributed by atoms with van der Waals surface area (Å²) in [6.45, 7) is 0. The number of thioether (sulfide) groups is 1. The summed E-state index contributed by atoms with van der Waals surface area (Å²) in [7, 11) is 0. The number of anilines is 2. The first-order valence-electron chi connectivity index (χ1n) is 7.43. The van der Waals surface area contributed by atoms with Gasteiger partial charge in [-0.25, -0.2) is 4.98 Å². The maximum atomic E-state index is 12.3. The molecule has 10 heteroatoms. The SMILES string of the molecule is Nc1nc(-c2ccc(Br)cc2Br)c(SCC(=O)Nc2ccc(Cl)cc2Cl)s1. The average molecular weight is 568 g/mol. The maximum absolute atomic E-state index is 12.3.